The maximum atomic E-state index is 11.8. The molecule has 0 atom stereocenters. The fraction of sp³-hybridized carbons (Fsp3) is 0.571. The molecule has 1 heterocycles. The molecular formula is C14H23N3O3S. The van der Waals surface area contributed by atoms with E-state index in [0.29, 0.717) is 18.0 Å². The van der Waals surface area contributed by atoms with Gasteiger partial charge in [0.25, 0.3) is 0 Å². The van der Waals surface area contributed by atoms with Gasteiger partial charge < -0.3 is 10.5 Å². The fourth-order valence-electron chi connectivity index (χ4n) is 2.39. The van der Waals surface area contributed by atoms with E-state index in [1.165, 1.54) is 38.4 Å². The lowest BCUT2D eigenvalue weighted by molar-refractivity contribution is 0.183. The molecule has 7 heteroatoms. The summed E-state index contributed by atoms with van der Waals surface area (Å²) in [6, 6.07) is 4.50. The lowest BCUT2D eigenvalue weighted by atomic mass is 10.1. The zero-order chi connectivity index (χ0) is 15.3. The Balaban J connectivity index is 1.97. The Labute approximate surface area is 126 Å². The number of anilines is 1. The molecule has 0 spiro atoms. The molecule has 118 valence electrons. The Kier molecular flexibility index (Phi) is 5.44. The molecule has 1 aromatic rings. The van der Waals surface area contributed by atoms with Crippen molar-refractivity contribution in [3.8, 4) is 5.75 Å². The smallest absolute Gasteiger partial charge is 0.240 e. The number of hydrogen-bond acceptors (Lipinski definition) is 5. The number of sulfonamides is 1. The standard InChI is InChI=1S/C14H23N3O3S/c1-16-21(18,19)12-5-6-13(15)14(11-12)20-10-9-17-7-3-2-4-8-17/h5-6,11,16H,2-4,7-10,15H2,1H3. The van der Waals surface area contributed by atoms with Crippen LogP contribution in [0.3, 0.4) is 0 Å². The van der Waals surface area contributed by atoms with E-state index >= 15 is 0 Å². The molecule has 0 aliphatic carbocycles. The first-order chi connectivity index (χ1) is 10.0. The average molecular weight is 313 g/mol. The van der Waals surface area contributed by atoms with Crippen molar-refractivity contribution in [3.05, 3.63) is 18.2 Å². The van der Waals surface area contributed by atoms with Gasteiger partial charge in [-0.2, -0.15) is 0 Å². The Morgan fingerprint density at radius 3 is 2.67 bits per heavy atom. The Bertz CT molecular complexity index is 569. The summed E-state index contributed by atoms with van der Waals surface area (Å²) in [6.07, 6.45) is 3.77. The van der Waals surface area contributed by atoms with Crippen LogP contribution in [0.4, 0.5) is 5.69 Å². The van der Waals surface area contributed by atoms with Gasteiger partial charge in [-0.05, 0) is 45.1 Å². The summed E-state index contributed by atoms with van der Waals surface area (Å²) in [5, 5.41) is 0. The van der Waals surface area contributed by atoms with Gasteiger partial charge in [0, 0.05) is 12.6 Å². The summed E-state index contributed by atoms with van der Waals surface area (Å²) in [5.74, 6) is 0.420. The molecule has 0 saturated carbocycles. The van der Waals surface area contributed by atoms with E-state index in [0.717, 1.165) is 19.6 Å². The van der Waals surface area contributed by atoms with Gasteiger partial charge in [0.05, 0.1) is 10.6 Å². The van der Waals surface area contributed by atoms with Crippen molar-refractivity contribution in [3.63, 3.8) is 0 Å². The number of nitrogens with two attached hydrogens (primary N) is 1. The summed E-state index contributed by atoms with van der Waals surface area (Å²) in [4.78, 5) is 2.51. The third-order valence-corrected chi connectivity index (χ3v) is 5.09. The number of rotatable bonds is 6. The molecule has 1 aliphatic heterocycles. The minimum Gasteiger partial charge on any atom is -0.490 e. The average Bonchev–Trinajstić information content (AvgIpc) is 2.50. The SMILES string of the molecule is CNS(=O)(=O)c1ccc(N)c(OCCN2CCCCC2)c1. The molecule has 0 bridgehead atoms. The predicted molar refractivity (Wildman–Crippen MR) is 82.9 cm³/mol. The van der Waals surface area contributed by atoms with Crippen LogP contribution in [-0.2, 0) is 10.0 Å². The Morgan fingerprint density at radius 1 is 1.29 bits per heavy atom. The first-order valence-corrected chi connectivity index (χ1v) is 8.69. The molecule has 1 aromatic carbocycles. The molecule has 1 aliphatic rings. The van der Waals surface area contributed by atoms with Gasteiger partial charge in [0.2, 0.25) is 10.0 Å². The molecule has 0 unspecified atom stereocenters. The van der Waals surface area contributed by atoms with E-state index in [4.69, 9.17) is 10.5 Å². The monoisotopic (exact) mass is 313 g/mol. The largest absolute Gasteiger partial charge is 0.490 e. The fourth-order valence-corrected chi connectivity index (χ4v) is 3.14. The van der Waals surface area contributed by atoms with Gasteiger partial charge in [0.1, 0.15) is 12.4 Å². The van der Waals surface area contributed by atoms with Crippen molar-refractivity contribution in [1.82, 2.24) is 9.62 Å². The Hall–Kier alpha value is -1.31. The summed E-state index contributed by atoms with van der Waals surface area (Å²) < 4.78 is 31.5. The molecule has 0 radical (unpaired) electrons. The minimum atomic E-state index is -3.48. The zero-order valence-corrected chi connectivity index (χ0v) is 13.2. The van der Waals surface area contributed by atoms with Gasteiger partial charge in [-0.1, -0.05) is 6.42 Å². The van der Waals surface area contributed by atoms with Crippen LogP contribution in [0.15, 0.2) is 23.1 Å². The van der Waals surface area contributed by atoms with Gasteiger partial charge >= 0.3 is 0 Å². The number of nitrogens with one attached hydrogen (secondary N) is 1. The quantitative estimate of drug-likeness (QED) is 0.767. The highest BCUT2D eigenvalue weighted by Gasteiger charge is 2.14. The van der Waals surface area contributed by atoms with Crippen LogP contribution in [0, 0.1) is 0 Å². The van der Waals surface area contributed by atoms with Crippen molar-refractivity contribution >= 4 is 15.7 Å². The minimum absolute atomic E-state index is 0.159. The lowest BCUT2D eigenvalue weighted by Crippen LogP contribution is -2.33. The van der Waals surface area contributed by atoms with E-state index in [9.17, 15) is 8.42 Å². The first-order valence-electron chi connectivity index (χ1n) is 7.21. The maximum absolute atomic E-state index is 11.8. The second-order valence-corrected chi connectivity index (χ2v) is 7.04. The van der Waals surface area contributed by atoms with Gasteiger partial charge in [-0.3, -0.25) is 4.90 Å². The molecule has 6 nitrogen and oxygen atoms in total. The van der Waals surface area contributed by atoms with Crippen molar-refractivity contribution in [1.29, 1.82) is 0 Å². The molecular weight excluding hydrogens is 290 g/mol. The third-order valence-electron chi connectivity index (χ3n) is 3.68. The van der Waals surface area contributed by atoms with Crippen molar-refractivity contribution in [2.24, 2.45) is 0 Å². The summed E-state index contributed by atoms with van der Waals surface area (Å²) in [5.41, 5.74) is 6.29. The number of benzene rings is 1. The van der Waals surface area contributed by atoms with Crippen LogP contribution in [-0.4, -0.2) is 46.6 Å². The van der Waals surface area contributed by atoms with Crippen LogP contribution < -0.4 is 15.2 Å². The second kappa shape index (κ2) is 7.11. The van der Waals surface area contributed by atoms with Gasteiger partial charge in [-0.25, -0.2) is 13.1 Å². The predicted octanol–water partition coefficient (Wildman–Crippen LogP) is 1.04. The van der Waals surface area contributed by atoms with E-state index in [2.05, 4.69) is 9.62 Å². The molecule has 21 heavy (non-hydrogen) atoms. The number of hydrogen-bond donors (Lipinski definition) is 2. The van der Waals surface area contributed by atoms with E-state index in [1.54, 1.807) is 6.07 Å². The topological polar surface area (TPSA) is 84.7 Å². The van der Waals surface area contributed by atoms with Crippen LogP contribution in [0.1, 0.15) is 19.3 Å². The molecule has 0 amide bonds. The van der Waals surface area contributed by atoms with Gasteiger partial charge in [-0.15, -0.1) is 0 Å². The van der Waals surface area contributed by atoms with Crippen molar-refractivity contribution < 1.29 is 13.2 Å². The molecule has 2 rings (SSSR count). The van der Waals surface area contributed by atoms with Crippen molar-refractivity contribution in [2.75, 3.05) is 39.0 Å². The van der Waals surface area contributed by atoms with Crippen LogP contribution in [0.25, 0.3) is 0 Å². The Morgan fingerprint density at radius 2 is 2.00 bits per heavy atom. The second-order valence-electron chi connectivity index (χ2n) is 5.16. The first kappa shape index (κ1) is 16.1. The molecule has 3 N–H and O–H groups in total. The highest BCUT2D eigenvalue weighted by atomic mass is 32.2. The van der Waals surface area contributed by atoms with Gasteiger partial charge in [0.15, 0.2) is 0 Å². The highest BCUT2D eigenvalue weighted by molar-refractivity contribution is 7.89. The molecule has 1 saturated heterocycles. The molecule has 0 aromatic heterocycles. The van der Waals surface area contributed by atoms with E-state index in [-0.39, 0.29) is 4.90 Å². The summed E-state index contributed by atoms with van der Waals surface area (Å²) in [7, 11) is -2.10. The van der Waals surface area contributed by atoms with Crippen LogP contribution >= 0.6 is 0 Å². The number of likely N-dealkylation sites (tertiary alicyclic amines) is 1. The number of piperidine rings is 1. The normalized spacial score (nSPS) is 16.8. The maximum Gasteiger partial charge on any atom is 0.240 e. The zero-order valence-electron chi connectivity index (χ0n) is 12.3. The van der Waals surface area contributed by atoms with Crippen LogP contribution in [0.2, 0.25) is 0 Å². The summed E-state index contributed by atoms with van der Waals surface area (Å²) in [6.45, 7) is 3.55. The van der Waals surface area contributed by atoms with Crippen LogP contribution in [0.5, 0.6) is 5.75 Å². The summed E-state index contributed by atoms with van der Waals surface area (Å²) >= 11 is 0. The number of nitrogen functional groups attached to an aromatic ring is 1. The lowest BCUT2D eigenvalue weighted by Gasteiger charge is -2.26. The van der Waals surface area contributed by atoms with Crippen molar-refractivity contribution in [2.45, 2.75) is 24.2 Å². The third kappa shape index (κ3) is 4.33. The van der Waals surface area contributed by atoms with E-state index < -0.39 is 10.0 Å². The van der Waals surface area contributed by atoms with E-state index in [1.807, 2.05) is 0 Å². The molecule has 1 fully saturated rings. The highest BCUT2D eigenvalue weighted by Crippen LogP contribution is 2.25. The number of ether oxygens (including phenoxy) is 1. The number of nitrogens with zero attached hydrogens (tertiary/aromatic N) is 1.